The molecule has 0 unspecified atom stereocenters. The summed E-state index contributed by atoms with van der Waals surface area (Å²) in [4.78, 5) is 22.6. The van der Waals surface area contributed by atoms with E-state index >= 15 is 0 Å². The van der Waals surface area contributed by atoms with Crippen LogP contribution in [0.15, 0.2) is 42.7 Å². The number of hydrogen-bond donors (Lipinski definition) is 1. The highest BCUT2D eigenvalue weighted by atomic mass is 16.6. The van der Waals surface area contributed by atoms with Crippen molar-refractivity contribution in [3.8, 4) is 0 Å². The van der Waals surface area contributed by atoms with Crippen molar-refractivity contribution in [3.63, 3.8) is 0 Å². The lowest BCUT2D eigenvalue weighted by molar-refractivity contribution is -0.385. The third kappa shape index (κ3) is 3.55. The van der Waals surface area contributed by atoms with Gasteiger partial charge in [-0.15, -0.1) is 0 Å². The van der Waals surface area contributed by atoms with Gasteiger partial charge in [-0.2, -0.15) is 10.2 Å². The summed E-state index contributed by atoms with van der Waals surface area (Å²) in [5.74, 6) is -0.320. The largest absolute Gasteiger partial charge is 0.320 e. The fraction of sp³-hybridized carbons (Fsp3) is 0.188. The average molecular weight is 340 g/mol. The highest BCUT2D eigenvalue weighted by Gasteiger charge is 2.25. The molecule has 25 heavy (non-hydrogen) atoms. The molecule has 2 heterocycles. The number of amides is 1. The van der Waals surface area contributed by atoms with Crippen LogP contribution in [0.5, 0.6) is 0 Å². The van der Waals surface area contributed by atoms with E-state index in [-0.39, 0.29) is 11.4 Å². The molecule has 0 saturated carbocycles. The number of anilines is 1. The molecule has 0 aliphatic heterocycles. The van der Waals surface area contributed by atoms with E-state index in [1.165, 1.54) is 12.6 Å². The van der Waals surface area contributed by atoms with E-state index in [1.54, 1.807) is 16.9 Å². The molecule has 0 aliphatic rings. The van der Waals surface area contributed by atoms with E-state index in [4.69, 9.17) is 0 Å². The molecule has 0 bridgehead atoms. The van der Waals surface area contributed by atoms with Crippen LogP contribution in [0.2, 0.25) is 0 Å². The minimum absolute atomic E-state index is 0.127. The number of rotatable bonds is 5. The molecular weight excluding hydrogens is 324 g/mol. The van der Waals surface area contributed by atoms with Gasteiger partial charge in [-0.1, -0.05) is 29.8 Å². The predicted octanol–water partition coefficient (Wildman–Crippen LogP) is 2.13. The molecule has 3 aromatic rings. The van der Waals surface area contributed by atoms with E-state index in [0.717, 1.165) is 16.4 Å². The molecule has 0 spiro atoms. The number of benzene rings is 1. The molecule has 0 fully saturated rings. The van der Waals surface area contributed by atoms with Crippen molar-refractivity contribution < 1.29 is 9.72 Å². The van der Waals surface area contributed by atoms with Crippen LogP contribution in [-0.4, -0.2) is 30.4 Å². The number of aromatic nitrogens is 4. The van der Waals surface area contributed by atoms with Crippen LogP contribution in [0, 0.1) is 17.0 Å². The van der Waals surface area contributed by atoms with Crippen molar-refractivity contribution in [2.45, 2.75) is 13.5 Å². The van der Waals surface area contributed by atoms with Gasteiger partial charge in [-0.3, -0.25) is 24.3 Å². The molecule has 2 aromatic heterocycles. The molecule has 1 amide bonds. The van der Waals surface area contributed by atoms with Crippen LogP contribution in [0.1, 0.15) is 21.6 Å². The summed E-state index contributed by atoms with van der Waals surface area (Å²) in [5, 5.41) is 21.6. The number of carbonyl (C=O) groups is 1. The minimum atomic E-state index is -0.641. The Balaban J connectivity index is 1.73. The number of nitrogens with one attached hydrogen (secondary N) is 1. The molecule has 9 nitrogen and oxygen atoms in total. The van der Waals surface area contributed by atoms with Gasteiger partial charge in [0.25, 0.3) is 5.91 Å². The lowest BCUT2D eigenvalue weighted by atomic mass is 10.1. The van der Waals surface area contributed by atoms with Crippen LogP contribution in [0.4, 0.5) is 11.5 Å². The Morgan fingerprint density at radius 1 is 1.28 bits per heavy atom. The first-order chi connectivity index (χ1) is 11.9. The van der Waals surface area contributed by atoms with Gasteiger partial charge in [0.15, 0.2) is 5.82 Å². The maximum Gasteiger partial charge on any atom is 0.320 e. The molecule has 1 N–H and O–H groups in total. The monoisotopic (exact) mass is 340 g/mol. The molecule has 9 heteroatoms. The van der Waals surface area contributed by atoms with Crippen molar-refractivity contribution in [1.29, 1.82) is 0 Å². The Hall–Kier alpha value is -3.49. The molecule has 0 radical (unpaired) electrons. The Bertz CT molecular complexity index is 926. The second-order valence-corrected chi connectivity index (χ2v) is 5.60. The third-order valence-corrected chi connectivity index (χ3v) is 3.68. The fourth-order valence-corrected chi connectivity index (χ4v) is 2.40. The standard InChI is InChI=1S/C16H16N6O3/c1-11-3-5-12(6-4-11)10-21-8-7-14(19-21)18-16(23)15-13(22(24)25)9-17-20(15)2/h3-9H,10H2,1-2H3,(H,18,19,23). The number of hydrogen-bond acceptors (Lipinski definition) is 5. The lowest BCUT2D eigenvalue weighted by Gasteiger charge is -2.04. The molecule has 0 aliphatic carbocycles. The van der Waals surface area contributed by atoms with Gasteiger partial charge in [0.1, 0.15) is 6.20 Å². The highest BCUT2D eigenvalue weighted by Crippen LogP contribution is 2.18. The molecule has 0 atom stereocenters. The van der Waals surface area contributed by atoms with Gasteiger partial charge in [0, 0.05) is 19.3 Å². The van der Waals surface area contributed by atoms with Crippen LogP contribution in [0.25, 0.3) is 0 Å². The zero-order chi connectivity index (χ0) is 18.0. The van der Waals surface area contributed by atoms with Crippen LogP contribution < -0.4 is 5.32 Å². The first kappa shape index (κ1) is 16.4. The number of nitrogens with zero attached hydrogens (tertiary/aromatic N) is 5. The van der Waals surface area contributed by atoms with Gasteiger partial charge in [0.2, 0.25) is 5.69 Å². The molecule has 0 saturated heterocycles. The maximum absolute atomic E-state index is 12.3. The normalized spacial score (nSPS) is 10.6. The number of aryl methyl sites for hydroxylation is 2. The summed E-state index contributed by atoms with van der Waals surface area (Å²) in [6, 6.07) is 9.68. The van der Waals surface area contributed by atoms with Crippen molar-refractivity contribution in [3.05, 3.63) is 69.7 Å². The van der Waals surface area contributed by atoms with Crippen molar-refractivity contribution in [2.24, 2.45) is 7.05 Å². The summed E-state index contributed by atoms with van der Waals surface area (Å²) in [7, 11) is 1.47. The summed E-state index contributed by atoms with van der Waals surface area (Å²) in [6.45, 7) is 2.57. The zero-order valence-corrected chi connectivity index (χ0v) is 13.7. The molecule has 3 rings (SSSR count). The predicted molar refractivity (Wildman–Crippen MR) is 90.3 cm³/mol. The Morgan fingerprint density at radius 3 is 2.68 bits per heavy atom. The fourth-order valence-electron chi connectivity index (χ4n) is 2.40. The van der Waals surface area contributed by atoms with E-state index in [0.29, 0.717) is 12.4 Å². The first-order valence-electron chi connectivity index (χ1n) is 7.51. The second kappa shape index (κ2) is 6.56. The lowest BCUT2D eigenvalue weighted by Crippen LogP contribution is -2.18. The molecular formula is C16H16N6O3. The average Bonchev–Trinajstić information content (AvgIpc) is 3.16. The summed E-state index contributed by atoms with van der Waals surface area (Å²) in [5.41, 5.74) is 1.78. The summed E-state index contributed by atoms with van der Waals surface area (Å²) < 4.78 is 2.84. The smallest absolute Gasteiger partial charge is 0.304 e. The van der Waals surface area contributed by atoms with Crippen molar-refractivity contribution in [1.82, 2.24) is 19.6 Å². The Morgan fingerprint density at radius 2 is 2.00 bits per heavy atom. The third-order valence-electron chi connectivity index (χ3n) is 3.68. The summed E-state index contributed by atoms with van der Waals surface area (Å²) >= 11 is 0. The van der Waals surface area contributed by atoms with Gasteiger partial charge < -0.3 is 5.32 Å². The maximum atomic E-state index is 12.3. The van der Waals surface area contributed by atoms with E-state index in [1.807, 2.05) is 31.2 Å². The van der Waals surface area contributed by atoms with Gasteiger partial charge in [-0.25, -0.2) is 0 Å². The summed E-state index contributed by atoms with van der Waals surface area (Å²) in [6.07, 6.45) is 2.78. The van der Waals surface area contributed by atoms with Gasteiger partial charge in [0.05, 0.1) is 11.5 Å². The quantitative estimate of drug-likeness (QED) is 0.565. The van der Waals surface area contributed by atoms with Crippen LogP contribution in [-0.2, 0) is 13.6 Å². The SMILES string of the molecule is Cc1ccc(Cn2ccc(NC(=O)c3c([N+](=O)[O-])cnn3C)n2)cc1. The second-order valence-electron chi connectivity index (χ2n) is 5.60. The van der Waals surface area contributed by atoms with E-state index in [2.05, 4.69) is 15.5 Å². The minimum Gasteiger partial charge on any atom is -0.304 e. The van der Waals surface area contributed by atoms with Crippen LogP contribution >= 0.6 is 0 Å². The van der Waals surface area contributed by atoms with Crippen molar-refractivity contribution >= 4 is 17.4 Å². The van der Waals surface area contributed by atoms with Gasteiger partial charge in [-0.05, 0) is 12.5 Å². The topological polar surface area (TPSA) is 108 Å². The molecule has 1 aromatic carbocycles. The Labute approximate surface area is 143 Å². The zero-order valence-electron chi connectivity index (χ0n) is 13.7. The van der Waals surface area contributed by atoms with E-state index in [9.17, 15) is 14.9 Å². The van der Waals surface area contributed by atoms with Gasteiger partial charge >= 0.3 is 5.69 Å². The Kier molecular flexibility index (Phi) is 4.29. The highest BCUT2D eigenvalue weighted by molar-refractivity contribution is 6.05. The van der Waals surface area contributed by atoms with Crippen LogP contribution in [0.3, 0.4) is 0 Å². The van der Waals surface area contributed by atoms with Crippen molar-refractivity contribution in [2.75, 3.05) is 5.32 Å². The van der Waals surface area contributed by atoms with E-state index < -0.39 is 10.8 Å². The first-order valence-corrected chi connectivity index (χ1v) is 7.51. The number of carbonyl (C=O) groups excluding carboxylic acids is 1. The molecule has 128 valence electrons. The number of nitro groups is 1.